The fraction of sp³-hybridized carbons (Fsp3) is 0.260. The van der Waals surface area contributed by atoms with Crippen molar-refractivity contribution in [3.8, 4) is 0 Å². The van der Waals surface area contributed by atoms with Crippen LogP contribution in [-0.2, 0) is 47.9 Å². The second-order valence-electron chi connectivity index (χ2n) is 24.4. The van der Waals surface area contributed by atoms with Crippen molar-refractivity contribution in [2.75, 3.05) is 98.4 Å². The summed E-state index contributed by atoms with van der Waals surface area (Å²) in [6, 6.07) is 40.2. The van der Waals surface area contributed by atoms with Crippen LogP contribution in [0.5, 0.6) is 0 Å². The van der Waals surface area contributed by atoms with Crippen molar-refractivity contribution in [1.82, 2.24) is 60.0 Å². The molecule has 0 saturated carbocycles. The number of benzene rings is 7. The summed E-state index contributed by atoms with van der Waals surface area (Å²) in [5.41, 5.74) is 3.58. The maximum absolute atomic E-state index is 14.8. The summed E-state index contributed by atoms with van der Waals surface area (Å²) >= 11 is 0. The second kappa shape index (κ2) is 32.4. The van der Waals surface area contributed by atoms with Gasteiger partial charge in [0.25, 0.3) is 50.4 Å². The number of rotatable bonds is 15. The Morgan fingerprint density at radius 3 is 1.05 bits per heavy atom. The molecule has 13 rings (SSSR count). The van der Waals surface area contributed by atoms with Crippen molar-refractivity contribution >= 4 is 77.9 Å². The number of piperazine rings is 3. The third-order valence-corrected chi connectivity index (χ3v) is 19.2. The van der Waals surface area contributed by atoms with Crippen LogP contribution in [0.3, 0.4) is 0 Å². The SMILES string of the molecule is Cc1ccc(S(=O)(=O)OCC(=O)N2CCN(C(=O)c3cc(Cc4n[nH]c(=O)c5ccccc45)ccc3F)CC2)cc1.O=C(CF)N1CCN(C(=O)c2cc(Cc3n[nH]c(=O)c4ccccc34)ccc2F)CC1.O=C(CO)N1CCN(C(=O)c2cc(Cc3n[nH]c(=O)c4ccccc34)ccc2F)CC1. The average molecular weight is 1430 g/mol. The first-order valence-corrected chi connectivity index (χ1v) is 34.1. The van der Waals surface area contributed by atoms with E-state index in [2.05, 4.69) is 30.6 Å². The molecular formula is C73H68F4N12O13S. The number of aryl methyl sites for hydroxylation is 1. The molecule has 0 unspecified atom stereocenters. The maximum Gasteiger partial charge on any atom is 0.297 e. The number of aromatic nitrogens is 6. The van der Waals surface area contributed by atoms with Crippen molar-refractivity contribution in [3.63, 3.8) is 0 Å². The van der Waals surface area contributed by atoms with Crippen molar-refractivity contribution in [2.45, 2.75) is 31.1 Å². The number of hydrogen-bond donors (Lipinski definition) is 4. The fourth-order valence-electron chi connectivity index (χ4n) is 12.2. The minimum absolute atomic E-state index is 0.0416. The van der Waals surface area contributed by atoms with E-state index in [4.69, 9.17) is 9.29 Å². The van der Waals surface area contributed by atoms with Gasteiger partial charge in [0.2, 0.25) is 11.8 Å². The fourth-order valence-corrected chi connectivity index (χ4v) is 13.1. The number of aliphatic hydroxyl groups is 1. The van der Waals surface area contributed by atoms with Crippen molar-refractivity contribution in [2.24, 2.45) is 0 Å². The van der Waals surface area contributed by atoms with E-state index in [9.17, 15) is 69.1 Å². The van der Waals surface area contributed by atoms with Gasteiger partial charge in [0.1, 0.15) is 30.7 Å². The van der Waals surface area contributed by atoms with Crippen molar-refractivity contribution in [3.05, 3.63) is 256 Å². The Balaban J connectivity index is 0.000000157. The number of hydrogen-bond acceptors (Lipinski definition) is 16. The molecule has 0 aliphatic carbocycles. The lowest BCUT2D eigenvalue weighted by molar-refractivity contribution is -0.136. The summed E-state index contributed by atoms with van der Waals surface area (Å²) < 4.78 is 85.9. The first-order valence-electron chi connectivity index (χ1n) is 32.7. The zero-order valence-corrected chi connectivity index (χ0v) is 56.3. The molecule has 3 aliphatic rings. The van der Waals surface area contributed by atoms with Crippen LogP contribution in [0.1, 0.15) is 70.4 Å². The van der Waals surface area contributed by atoms with Gasteiger partial charge in [0.15, 0.2) is 6.67 Å². The molecule has 3 aliphatic heterocycles. The second-order valence-corrected chi connectivity index (χ2v) is 26.1. The molecule has 10 aromatic rings. The summed E-state index contributed by atoms with van der Waals surface area (Å²) in [6.45, 7) is 2.05. The average Bonchev–Trinajstić information content (AvgIpc) is 0.812. The highest BCUT2D eigenvalue weighted by Gasteiger charge is 2.31. The lowest BCUT2D eigenvalue weighted by Crippen LogP contribution is -2.51. The number of carbonyl (C=O) groups excluding carboxylic acids is 6. The Kier molecular flexibility index (Phi) is 22.8. The van der Waals surface area contributed by atoms with E-state index in [0.717, 1.165) is 5.56 Å². The number of H-pyrrole nitrogens is 3. The highest BCUT2D eigenvalue weighted by molar-refractivity contribution is 7.86. The first-order chi connectivity index (χ1) is 49.6. The number of amides is 6. The highest BCUT2D eigenvalue weighted by atomic mass is 32.2. The molecule has 3 saturated heterocycles. The van der Waals surface area contributed by atoms with Gasteiger partial charge in [0.05, 0.1) is 54.8 Å². The van der Waals surface area contributed by atoms with Gasteiger partial charge in [-0.15, -0.1) is 0 Å². The Hall–Kier alpha value is -11.6. The summed E-state index contributed by atoms with van der Waals surface area (Å²) in [7, 11) is -4.09. The van der Waals surface area contributed by atoms with E-state index in [1.807, 2.05) is 13.0 Å². The monoisotopic (exact) mass is 1430 g/mol. The third-order valence-electron chi connectivity index (χ3n) is 17.9. The molecule has 0 atom stereocenters. The molecular weight excluding hydrogens is 1360 g/mol. The predicted molar refractivity (Wildman–Crippen MR) is 370 cm³/mol. The van der Waals surface area contributed by atoms with Gasteiger partial charge >= 0.3 is 0 Å². The van der Waals surface area contributed by atoms with Gasteiger partial charge in [-0.25, -0.2) is 32.9 Å². The van der Waals surface area contributed by atoms with E-state index in [0.29, 0.717) is 92.0 Å². The van der Waals surface area contributed by atoms with Crippen LogP contribution >= 0.6 is 0 Å². The smallest absolute Gasteiger partial charge is 0.297 e. The molecule has 7 aromatic carbocycles. The predicted octanol–water partition coefficient (Wildman–Crippen LogP) is 5.49. The Bertz CT molecular complexity index is 5000. The van der Waals surface area contributed by atoms with E-state index >= 15 is 0 Å². The number of aliphatic hydroxyl groups excluding tert-OH is 1. The molecule has 4 N–H and O–H groups in total. The molecule has 25 nitrogen and oxygen atoms in total. The van der Waals surface area contributed by atoms with Crippen LogP contribution in [0, 0.1) is 24.4 Å². The van der Waals surface area contributed by atoms with Gasteiger partial charge in [-0.05, 0) is 90.3 Å². The first kappa shape index (κ1) is 72.6. The Morgan fingerprint density at radius 2 is 0.728 bits per heavy atom. The Labute approximate surface area is 585 Å². The molecule has 30 heteroatoms. The number of halogens is 4. The molecule has 0 spiro atoms. The Morgan fingerprint density at radius 1 is 0.427 bits per heavy atom. The summed E-state index contributed by atoms with van der Waals surface area (Å²) in [5, 5.41) is 32.4. The molecule has 3 aromatic heterocycles. The lowest BCUT2D eigenvalue weighted by atomic mass is 10.0. The van der Waals surface area contributed by atoms with Gasteiger partial charge in [0, 0.05) is 114 Å². The molecule has 0 radical (unpaired) electrons. The van der Waals surface area contributed by atoms with Crippen molar-refractivity contribution in [1.29, 1.82) is 0 Å². The van der Waals surface area contributed by atoms with E-state index in [1.54, 1.807) is 97.1 Å². The summed E-state index contributed by atoms with van der Waals surface area (Å²) in [4.78, 5) is 119. The van der Waals surface area contributed by atoms with Crippen molar-refractivity contribution < 1.29 is 64.0 Å². The minimum Gasteiger partial charge on any atom is -0.387 e. The number of fused-ring (bicyclic) bond motifs is 3. The molecule has 6 amide bonds. The van der Waals surface area contributed by atoms with Crippen LogP contribution in [0.15, 0.2) is 171 Å². The normalized spacial score (nSPS) is 14.0. The standard InChI is InChI=1S/C29H27FN4O6S.C22H20F2N4O3.C22H21FN4O4/c1-19-6-9-21(10-7-19)41(38,39)40-18-27(35)33-12-14-34(15-13-33)29(37)24-16-20(8-11-25(24)30)17-26-22-4-2-3-5-23(22)28(36)32-31-26;23-13-20(29)27-7-9-28(10-8-27)22(31)17-11-14(5-6-18(17)24)12-19-15-3-1-2-4-16(15)21(30)26-25-19;23-18-6-5-14(12-19-15-3-1-2-4-16(15)21(30)25-24-19)11-17(18)22(31)27-9-7-26(8-10-27)20(29)13-28/h2-11,16H,12-15,17-18H2,1H3,(H,32,36);1-6,11H,7-10,12-13H2,(H,26,30);1-6,11,28H,7-10,12-13H2,(H,25,30). The van der Waals surface area contributed by atoms with Crippen LogP contribution < -0.4 is 16.7 Å². The molecule has 532 valence electrons. The molecule has 0 bridgehead atoms. The zero-order valence-electron chi connectivity index (χ0n) is 55.5. The van der Waals surface area contributed by atoms with Crippen LogP contribution in [0.2, 0.25) is 0 Å². The maximum atomic E-state index is 14.8. The topological polar surface area (TPSA) is 323 Å². The van der Waals surface area contributed by atoms with Crippen LogP contribution in [-0.4, -0.2) is 207 Å². The summed E-state index contributed by atoms with van der Waals surface area (Å²) in [6.07, 6.45) is 0.888. The zero-order chi connectivity index (χ0) is 73.1. The number of carbonyl (C=O) groups is 6. The minimum atomic E-state index is -4.09. The molecule has 103 heavy (non-hydrogen) atoms. The van der Waals surface area contributed by atoms with Crippen LogP contribution in [0.4, 0.5) is 17.6 Å². The van der Waals surface area contributed by atoms with Gasteiger partial charge in [-0.1, -0.05) is 90.5 Å². The van der Waals surface area contributed by atoms with Gasteiger partial charge < -0.3 is 34.5 Å². The quantitative estimate of drug-likeness (QED) is 0.0728. The van der Waals surface area contributed by atoms with Gasteiger partial charge in [-0.3, -0.25) is 47.3 Å². The largest absolute Gasteiger partial charge is 0.387 e. The van der Waals surface area contributed by atoms with E-state index < -0.39 is 77.0 Å². The number of alkyl halides is 1. The highest BCUT2D eigenvalue weighted by Crippen LogP contribution is 2.25. The third kappa shape index (κ3) is 17.1. The number of nitrogens with zero attached hydrogens (tertiary/aromatic N) is 9. The van der Waals surface area contributed by atoms with E-state index in [-0.39, 0.29) is 116 Å². The molecule has 6 heterocycles. The number of nitrogens with one attached hydrogen (secondary N) is 3. The molecule has 3 fully saturated rings. The lowest BCUT2D eigenvalue weighted by Gasteiger charge is -2.34. The van der Waals surface area contributed by atoms with E-state index in [1.165, 1.54) is 77.9 Å². The number of aromatic amines is 3. The summed E-state index contributed by atoms with van der Waals surface area (Å²) in [5.74, 6) is -4.92. The van der Waals surface area contributed by atoms with Crippen LogP contribution in [0.25, 0.3) is 32.3 Å². The van der Waals surface area contributed by atoms with Gasteiger partial charge in [-0.2, -0.15) is 23.7 Å².